The van der Waals surface area contributed by atoms with Gasteiger partial charge in [-0.25, -0.2) is 0 Å². The highest BCUT2D eigenvalue weighted by atomic mass is 127. The van der Waals surface area contributed by atoms with E-state index in [0.717, 1.165) is 17.5 Å². The molecule has 19 heavy (non-hydrogen) atoms. The molecule has 1 N–H and O–H groups in total. The van der Waals surface area contributed by atoms with Crippen molar-refractivity contribution in [1.82, 2.24) is 5.32 Å². The summed E-state index contributed by atoms with van der Waals surface area (Å²) < 4.78 is 1.33. The summed E-state index contributed by atoms with van der Waals surface area (Å²) in [5.74, 6) is 0.893. The average molecular weight is 392 g/mol. The fourth-order valence-electron chi connectivity index (χ4n) is 3.00. The molecule has 1 aromatic carbocycles. The molecule has 1 aliphatic carbocycles. The van der Waals surface area contributed by atoms with Crippen molar-refractivity contribution in [2.45, 2.75) is 51.5 Å². The first-order valence-corrected chi connectivity index (χ1v) is 8.84. The lowest BCUT2D eigenvalue weighted by molar-refractivity contribution is 0.394. The summed E-state index contributed by atoms with van der Waals surface area (Å²) in [6, 6.07) is 6.73. The summed E-state index contributed by atoms with van der Waals surface area (Å²) >= 11 is 8.61. The van der Waals surface area contributed by atoms with Crippen LogP contribution in [0.4, 0.5) is 0 Å². The van der Waals surface area contributed by atoms with Crippen LogP contribution in [-0.2, 0) is 0 Å². The summed E-state index contributed by atoms with van der Waals surface area (Å²) in [4.78, 5) is 0. The molecular formula is C16H23ClIN. The van der Waals surface area contributed by atoms with Gasteiger partial charge in [-0.3, -0.25) is 0 Å². The topological polar surface area (TPSA) is 12.0 Å². The van der Waals surface area contributed by atoms with Crippen LogP contribution in [0.1, 0.15) is 57.1 Å². The molecule has 1 aliphatic rings. The van der Waals surface area contributed by atoms with Gasteiger partial charge >= 0.3 is 0 Å². The Morgan fingerprint density at radius 3 is 2.79 bits per heavy atom. The second kappa shape index (κ2) is 7.84. The van der Waals surface area contributed by atoms with Crippen molar-refractivity contribution in [3.05, 3.63) is 32.4 Å². The van der Waals surface area contributed by atoms with E-state index in [1.165, 1.54) is 47.7 Å². The van der Waals surface area contributed by atoms with Crippen molar-refractivity contribution in [2.75, 3.05) is 6.54 Å². The Bertz CT molecular complexity index is 402. The highest BCUT2D eigenvalue weighted by Crippen LogP contribution is 2.35. The summed E-state index contributed by atoms with van der Waals surface area (Å²) in [7, 11) is 0. The lowest BCUT2D eigenvalue weighted by atomic mass is 9.93. The second-order valence-electron chi connectivity index (χ2n) is 5.56. The first-order valence-electron chi connectivity index (χ1n) is 7.39. The van der Waals surface area contributed by atoms with Crippen molar-refractivity contribution < 1.29 is 0 Å². The zero-order chi connectivity index (χ0) is 13.7. The van der Waals surface area contributed by atoms with Crippen LogP contribution in [0.3, 0.4) is 0 Å². The number of rotatable bonds is 6. The van der Waals surface area contributed by atoms with Crippen molar-refractivity contribution in [3.8, 4) is 0 Å². The Morgan fingerprint density at radius 2 is 2.11 bits per heavy atom. The predicted octanol–water partition coefficient (Wildman–Crippen LogP) is 5.57. The third kappa shape index (κ3) is 4.61. The van der Waals surface area contributed by atoms with Crippen LogP contribution in [0.2, 0.25) is 5.02 Å². The number of nitrogens with one attached hydrogen (secondary N) is 1. The van der Waals surface area contributed by atoms with E-state index in [1.54, 1.807) is 0 Å². The van der Waals surface area contributed by atoms with Gasteiger partial charge in [0, 0.05) is 14.6 Å². The van der Waals surface area contributed by atoms with Crippen LogP contribution in [0.15, 0.2) is 18.2 Å². The van der Waals surface area contributed by atoms with Crippen LogP contribution in [-0.4, -0.2) is 6.54 Å². The number of halogens is 2. The Hall–Kier alpha value is 0.200. The molecule has 1 saturated carbocycles. The Labute approximate surface area is 135 Å². The number of hydrogen-bond acceptors (Lipinski definition) is 1. The van der Waals surface area contributed by atoms with E-state index in [2.05, 4.69) is 47.0 Å². The van der Waals surface area contributed by atoms with Crippen LogP contribution in [0, 0.1) is 9.49 Å². The molecule has 1 fully saturated rings. The van der Waals surface area contributed by atoms with Crippen LogP contribution >= 0.6 is 34.2 Å². The molecule has 0 bridgehead atoms. The standard InChI is InChI=1S/C16H23ClIN/c1-2-9-19-16(10-12-5-3-4-6-12)14-11-13(17)7-8-15(14)18/h7-8,11-12,16,19H,2-6,9-10H2,1H3. The van der Waals surface area contributed by atoms with Crippen LogP contribution < -0.4 is 5.32 Å². The molecule has 0 aromatic heterocycles. The van der Waals surface area contributed by atoms with Crippen LogP contribution in [0.5, 0.6) is 0 Å². The van der Waals surface area contributed by atoms with Gasteiger partial charge in [-0.15, -0.1) is 0 Å². The van der Waals surface area contributed by atoms with Crippen LogP contribution in [0.25, 0.3) is 0 Å². The Kier molecular flexibility index (Phi) is 6.43. The van der Waals surface area contributed by atoms with E-state index >= 15 is 0 Å². The molecule has 0 heterocycles. The zero-order valence-corrected chi connectivity index (χ0v) is 14.5. The molecule has 106 valence electrons. The molecule has 3 heteroatoms. The van der Waals surface area contributed by atoms with E-state index in [9.17, 15) is 0 Å². The Balaban J connectivity index is 2.12. The summed E-state index contributed by atoms with van der Waals surface area (Å²) in [6.45, 7) is 3.31. The summed E-state index contributed by atoms with van der Waals surface area (Å²) in [6.07, 6.45) is 8.08. The van der Waals surface area contributed by atoms with Crippen molar-refractivity contribution >= 4 is 34.2 Å². The maximum Gasteiger partial charge on any atom is 0.0410 e. The smallest absolute Gasteiger partial charge is 0.0410 e. The maximum atomic E-state index is 6.18. The average Bonchev–Trinajstić information content (AvgIpc) is 2.90. The van der Waals surface area contributed by atoms with Gasteiger partial charge in [0.05, 0.1) is 0 Å². The molecule has 0 radical (unpaired) electrons. The minimum atomic E-state index is 0.466. The lowest BCUT2D eigenvalue weighted by Gasteiger charge is -2.23. The van der Waals surface area contributed by atoms with Crippen molar-refractivity contribution in [1.29, 1.82) is 0 Å². The fourth-order valence-corrected chi connectivity index (χ4v) is 3.89. The minimum Gasteiger partial charge on any atom is -0.310 e. The van der Waals surface area contributed by atoms with Crippen molar-refractivity contribution in [3.63, 3.8) is 0 Å². The molecule has 1 atom stereocenters. The van der Waals surface area contributed by atoms with Gasteiger partial charge in [-0.05, 0) is 71.7 Å². The quantitative estimate of drug-likeness (QED) is 0.625. The third-order valence-corrected chi connectivity index (χ3v) is 5.24. The van der Waals surface area contributed by atoms with E-state index in [4.69, 9.17) is 11.6 Å². The molecule has 0 saturated heterocycles. The van der Waals surface area contributed by atoms with E-state index < -0.39 is 0 Å². The first kappa shape index (κ1) is 15.6. The maximum absolute atomic E-state index is 6.18. The molecule has 1 nitrogen and oxygen atoms in total. The molecule has 0 amide bonds. The van der Waals surface area contributed by atoms with E-state index in [0.29, 0.717) is 6.04 Å². The zero-order valence-electron chi connectivity index (χ0n) is 11.6. The normalized spacial score (nSPS) is 17.8. The van der Waals surface area contributed by atoms with Gasteiger partial charge in [-0.2, -0.15) is 0 Å². The second-order valence-corrected chi connectivity index (χ2v) is 7.16. The number of benzene rings is 1. The monoisotopic (exact) mass is 391 g/mol. The SMILES string of the molecule is CCCNC(CC1CCCC1)c1cc(Cl)ccc1I. The molecule has 0 aliphatic heterocycles. The summed E-state index contributed by atoms with van der Waals surface area (Å²) in [5.41, 5.74) is 1.38. The minimum absolute atomic E-state index is 0.466. The molecule has 1 aromatic rings. The molecule has 2 rings (SSSR count). The van der Waals surface area contributed by atoms with Gasteiger partial charge in [0.2, 0.25) is 0 Å². The molecule has 0 spiro atoms. The fraction of sp³-hybridized carbons (Fsp3) is 0.625. The molecule has 1 unspecified atom stereocenters. The highest BCUT2D eigenvalue weighted by molar-refractivity contribution is 14.1. The largest absolute Gasteiger partial charge is 0.310 e. The van der Waals surface area contributed by atoms with Gasteiger partial charge < -0.3 is 5.32 Å². The number of hydrogen-bond donors (Lipinski definition) is 1. The highest BCUT2D eigenvalue weighted by Gasteiger charge is 2.22. The molecular weight excluding hydrogens is 369 g/mol. The van der Waals surface area contributed by atoms with Gasteiger partial charge in [0.25, 0.3) is 0 Å². The van der Waals surface area contributed by atoms with Gasteiger partial charge in [-0.1, -0.05) is 44.2 Å². The third-order valence-electron chi connectivity index (χ3n) is 4.02. The van der Waals surface area contributed by atoms with Gasteiger partial charge in [0.15, 0.2) is 0 Å². The Morgan fingerprint density at radius 1 is 1.37 bits per heavy atom. The lowest BCUT2D eigenvalue weighted by Crippen LogP contribution is -2.24. The first-order chi connectivity index (χ1) is 9.20. The van der Waals surface area contributed by atoms with E-state index in [-0.39, 0.29) is 0 Å². The summed E-state index contributed by atoms with van der Waals surface area (Å²) in [5, 5.41) is 4.57. The van der Waals surface area contributed by atoms with E-state index in [1.807, 2.05) is 6.07 Å². The van der Waals surface area contributed by atoms with Crippen molar-refractivity contribution in [2.24, 2.45) is 5.92 Å². The van der Waals surface area contributed by atoms with Gasteiger partial charge in [0.1, 0.15) is 0 Å². The predicted molar refractivity (Wildman–Crippen MR) is 91.8 cm³/mol.